The van der Waals surface area contributed by atoms with Gasteiger partial charge in [-0.15, -0.1) is 0 Å². The third-order valence-corrected chi connectivity index (χ3v) is 0.341. The Hall–Kier alpha value is 0.170. The maximum atomic E-state index is 9.13. The Morgan fingerprint density at radius 3 is 2.00 bits per heavy atom. The van der Waals surface area contributed by atoms with Crippen LogP contribution in [0.4, 0.5) is 4.79 Å². The van der Waals surface area contributed by atoms with Crippen LogP contribution in [0, 0.1) is 0 Å². The average Bonchev–Trinajstić information content (AvgIpc) is 1.38. The minimum absolute atomic E-state index is 0.984. The summed E-state index contributed by atoms with van der Waals surface area (Å²) in [4.78, 5) is 9.13. The van der Waals surface area contributed by atoms with E-state index in [-0.39, 0.29) is 0 Å². The molecule has 5 heavy (non-hydrogen) atoms. The van der Waals surface area contributed by atoms with Gasteiger partial charge in [-0.2, -0.15) is 0 Å². The Bertz CT molecular complexity index is 42.2. The van der Waals surface area contributed by atoms with Crippen molar-refractivity contribution in [3.63, 3.8) is 0 Å². The van der Waals surface area contributed by atoms with Gasteiger partial charge in [0.25, 0.3) is 0 Å². The Morgan fingerprint density at radius 1 is 1.80 bits per heavy atom. The van der Waals surface area contributed by atoms with Crippen LogP contribution in [-0.4, -0.2) is 12.9 Å². The van der Waals surface area contributed by atoms with E-state index in [9.17, 15) is 0 Å². The first-order chi connectivity index (χ1) is 2.27. The summed E-state index contributed by atoms with van der Waals surface area (Å²) in [6.45, 7) is 0. The van der Waals surface area contributed by atoms with E-state index in [0.717, 1.165) is 0 Å². The van der Waals surface area contributed by atoms with Gasteiger partial charge in [-0.3, -0.25) is 0 Å². The molecule has 0 saturated carbocycles. The average molecular weight is 170 g/mol. The summed E-state index contributed by atoms with van der Waals surface area (Å²) in [5.41, 5.74) is 0. The second-order valence-corrected chi connectivity index (χ2v) is 1.25. The van der Waals surface area contributed by atoms with Crippen molar-refractivity contribution >= 4 is 4.19 Å². The number of rotatable bonds is 1. The number of carbonyl (C=O) groups is 1. The minimum atomic E-state index is -1.16. The van der Waals surface area contributed by atoms with Gasteiger partial charge in [0, 0.05) is 0 Å². The van der Waals surface area contributed by atoms with E-state index in [2.05, 4.69) is 0 Å². The summed E-state index contributed by atoms with van der Waals surface area (Å²) in [7, 11) is 0. The second kappa shape index (κ2) is 2.41. The van der Waals surface area contributed by atoms with Crippen LogP contribution >= 0.6 is 0 Å². The van der Waals surface area contributed by atoms with Gasteiger partial charge in [0.1, 0.15) is 0 Å². The molecule has 0 aromatic heterocycles. The van der Waals surface area contributed by atoms with Crippen LogP contribution in [0.2, 0.25) is 0 Å². The van der Waals surface area contributed by atoms with Crippen LogP contribution in [-0.2, 0) is 20.2 Å². The van der Waals surface area contributed by atoms with Gasteiger partial charge in [0.2, 0.25) is 0 Å². The van der Waals surface area contributed by atoms with Crippen molar-refractivity contribution < 1.29 is 33.7 Å². The molecule has 0 spiro atoms. The Morgan fingerprint density at radius 2 is 2.00 bits per heavy atom. The molecular formula is CH2AgO3. The van der Waals surface area contributed by atoms with Gasteiger partial charge in [0.15, 0.2) is 0 Å². The van der Waals surface area contributed by atoms with E-state index in [0.29, 0.717) is 0 Å². The zero-order chi connectivity index (χ0) is 4.28. The normalized spacial score (nSPS) is 8.20. The van der Waals surface area contributed by atoms with Crippen LogP contribution in [0.5, 0.6) is 0 Å². The summed E-state index contributed by atoms with van der Waals surface area (Å²) < 4.78 is 6.41. The predicted octanol–water partition coefficient (Wildman–Crippen LogP) is -0.346. The molecule has 0 aromatic rings. The molecule has 0 aliphatic heterocycles. The molecule has 0 aliphatic carbocycles. The quantitative estimate of drug-likeness (QED) is 0.529. The Kier molecular flexibility index (Phi) is 2.49. The topological polar surface area (TPSA) is 57.5 Å². The number of carboxylic acid groups (broad SMARTS) is 1. The molecule has 0 radical (unpaired) electrons. The number of hydrogen-bond acceptors (Lipinski definition) is 2. The molecule has 2 N–H and O–H groups in total. The molecule has 0 fully saturated rings. The summed E-state index contributed by atoms with van der Waals surface area (Å²) in [5, 5.41) is 7.49. The van der Waals surface area contributed by atoms with E-state index in [1.54, 1.807) is 0 Å². The van der Waals surface area contributed by atoms with Crippen LogP contribution in [0.1, 0.15) is 0 Å². The second-order valence-electron chi connectivity index (χ2n) is 0.288. The molecule has 35 valence electrons. The molecule has 0 aromatic carbocycles. The van der Waals surface area contributed by atoms with E-state index < -0.39 is 24.3 Å². The first-order valence-electron chi connectivity index (χ1n) is 0.713. The summed E-state index contributed by atoms with van der Waals surface area (Å²) in [5.74, 6) is 0. The molecule has 0 aliphatic rings. The van der Waals surface area contributed by atoms with Gasteiger partial charge in [-0.25, -0.2) is 0 Å². The Balaban J connectivity index is 2.85. The molecule has 0 rings (SSSR count). The zero-order valence-corrected chi connectivity index (χ0v) is 3.59. The van der Waals surface area contributed by atoms with Crippen molar-refractivity contribution in [3.05, 3.63) is 0 Å². The molecule has 0 atom stereocenters. The van der Waals surface area contributed by atoms with Crippen LogP contribution < -0.4 is 0 Å². The van der Waals surface area contributed by atoms with E-state index >= 15 is 0 Å². The van der Waals surface area contributed by atoms with Gasteiger partial charge in [-0.05, 0) is 0 Å². The van der Waals surface area contributed by atoms with Crippen molar-refractivity contribution in [1.29, 1.82) is 0 Å². The van der Waals surface area contributed by atoms with Crippen molar-refractivity contribution in [2.24, 2.45) is 0 Å². The van der Waals surface area contributed by atoms with Crippen molar-refractivity contribution in [2.75, 3.05) is 0 Å². The summed E-state index contributed by atoms with van der Waals surface area (Å²) >= 11 is -0.984. The molecular weight excluding hydrogens is 168 g/mol. The fraction of sp³-hybridized carbons (Fsp3) is 0. The fourth-order valence-corrected chi connectivity index (χ4v) is 0. The molecule has 0 saturated heterocycles. The van der Waals surface area contributed by atoms with Crippen LogP contribution in [0.25, 0.3) is 0 Å². The van der Waals surface area contributed by atoms with E-state index in [1.807, 2.05) is 0 Å². The molecule has 4 heteroatoms. The molecule has 0 unspecified atom stereocenters. The predicted molar refractivity (Wildman–Crippen MR) is 10.2 cm³/mol. The first-order valence-corrected chi connectivity index (χ1v) is 2.12. The van der Waals surface area contributed by atoms with E-state index in [4.69, 9.17) is 13.5 Å². The van der Waals surface area contributed by atoms with Gasteiger partial charge in [-0.1, -0.05) is 0 Å². The SMILES string of the molecule is O=[C](O)[Ag][OH]. The van der Waals surface area contributed by atoms with Crippen LogP contribution in [0.3, 0.4) is 0 Å². The molecule has 0 heterocycles. The van der Waals surface area contributed by atoms with Gasteiger partial charge >= 0.3 is 37.9 Å². The van der Waals surface area contributed by atoms with E-state index in [1.165, 1.54) is 0 Å². The summed E-state index contributed by atoms with van der Waals surface area (Å²) in [6, 6.07) is 0. The molecule has 0 amide bonds. The molecule has 3 nitrogen and oxygen atoms in total. The van der Waals surface area contributed by atoms with Crippen molar-refractivity contribution in [2.45, 2.75) is 0 Å². The first kappa shape index (κ1) is 5.17. The fourth-order valence-electron chi connectivity index (χ4n) is 0. The zero-order valence-electron chi connectivity index (χ0n) is 2.10. The molecule has 0 bridgehead atoms. The van der Waals surface area contributed by atoms with Crippen molar-refractivity contribution in [1.82, 2.24) is 0 Å². The number of hydrogen-bond donors (Lipinski definition) is 2. The monoisotopic (exact) mass is 169 g/mol. The summed E-state index contributed by atoms with van der Waals surface area (Å²) in [6.07, 6.45) is 0. The van der Waals surface area contributed by atoms with Crippen molar-refractivity contribution in [3.8, 4) is 0 Å². The maximum absolute atomic E-state index is 9.13. The third kappa shape index (κ3) is 4.17. The van der Waals surface area contributed by atoms with Gasteiger partial charge in [0.05, 0.1) is 0 Å². The third-order valence-electron chi connectivity index (χ3n) is 0.0577. The Labute approximate surface area is 38.4 Å². The standard InChI is InChI=1S/CHO2.Ag.H2O/c2-1-3;;/h(H,2,3);;1H2/q;+1;/p-1. The van der Waals surface area contributed by atoms with Gasteiger partial charge < -0.3 is 0 Å². The van der Waals surface area contributed by atoms with Crippen LogP contribution in [0.15, 0.2) is 0 Å².